The number of carbonyl (C=O) groups excluding carboxylic acids is 1. The lowest BCUT2D eigenvalue weighted by Crippen LogP contribution is -2.40. The molecular formula is C9H17NO4S. The number of nitrogens with zero attached hydrogens (tertiary/aromatic N) is 1. The van der Waals surface area contributed by atoms with E-state index < -0.39 is 10.1 Å². The van der Waals surface area contributed by atoms with E-state index in [0.717, 1.165) is 0 Å². The second-order valence-electron chi connectivity index (χ2n) is 3.65. The quantitative estimate of drug-likeness (QED) is 0.663. The maximum absolute atomic E-state index is 11.2. The molecule has 1 aliphatic rings. The van der Waals surface area contributed by atoms with Crippen LogP contribution in [0.5, 0.6) is 0 Å². The second-order valence-corrected chi connectivity index (χ2v) is 5.53. The van der Waals surface area contributed by atoms with Gasteiger partial charge in [0.25, 0.3) is 10.1 Å². The Bertz CT molecular complexity index is 317. The fourth-order valence-electron chi connectivity index (χ4n) is 1.54. The largest absolute Gasteiger partial charge is 0.343 e. The summed E-state index contributed by atoms with van der Waals surface area (Å²) >= 11 is 0. The molecule has 0 aromatic carbocycles. The van der Waals surface area contributed by atoms with Crippen LogP contribution in [0.2, 0.25) is 0 Å². The Hall–Kier alpha value is -0.620. The van der Waals surface area contributed by atoms with E-state index in [-0.39, 0.29) is 17.8 Å². The van der Waals surface area contributed by atoms with Crippen molar-refractivity contribution < 1.29 is 17.4 Å². The Labute approximate surface area is 90.5 Å². The number of rotatable bonds is 3. The first-order chi connectivity index (χ1) is 6.94. The molecule has 0 bridgehead atoms. The van der Waals surface area contributed by atoms with Crippen molar-refractivity contribution in [1.29, 1.82) is 0 Å². The minimum Gasteiger partial charge on any atom is -0.343 e. The van der Waals surface area contributed by atoms with Crippen LogP contribution in [0.15, 0.2) is 0 Å². The summed E-state index contributed by atoms with van der Waals surface area (Å²) in [4.78, 5) is 12.7. The van der Waals surface area contributed by atoms with Crippen molar-refractivity contribution in [2.45, 2.75) is 32.8 Å². The number of likely N-dealkylation sites (tertiary alicyclic amines) is 1. The van der Waals surface area contributed by atoms with Gasteiger partial charge in [-0.1, -0.05) is 0 Å². The van der Waals surface area contributed by atoms with Crippen LogP contribution >= 0.6 is 0 Å². The van der Waals surface area contributed by atoms with Gasteiger partial charge in [-0.2, -0.15) is 8.42 Å². The minimum absolute atomic E-state index is 0.0000768. The van der Waals surface area contributed by atoms with Crippen LogP contribution in [0.4, 0.5) is 0 Å². The van der Waals surface area contributed by atoms with Crippen molar-refractivity contribution >= 4 is 16.0 Å². The van der Waals surface area contributed by atoms with Crippen LogP contribution in [0.3, 0.4) is 0 Å². The van der Waals surface area contributed by atoms with E-state index in [1.807, 2.05) is 0 Å². The summed E-state index contributed by atoms with van der Waals surface area (Å²) in [6.45, 7) is 4.24. The number of hydrogen-bond donors (Lipinski definition) is 0. The summed E-state index contributed by atoms with van der Waals surface area (Å²) in [6, 6.07) is 0. The molecule has 0 aliphatic carbocycles. The molecule has 6 heteroatoms. The van der Waals surface area contributed by atoms with Gasteiger partial charge in [0.1, 0.15) is 0 Å². The van der Waals surface area contributed by atoms with Crippen molar-refractivity contribution in [3.63, 3.8) is 0 Å². The van der Waals surface area contributed by atoms with Crippen molar-refractivity contribution in [3.8, 4) is 0 Å². The lowest BCUT2D eigenvalue weighted by atomic mass is 10.1. The molecule has 0 atom stereocenters. The first-order valence-corrected chi connectivity index (χ1v) is 6.69. The maximum atomic E-state index is 11.2. The van der Waals surface area contributed by atoms with Crippen molar-refractivity contribution in [2.75, 3.05) is 18.8 Å². The molecule has 1 amide bonds. The van der Waals surface area contributed by atoms with Crippen LogP contribution in [-0.4, -0.2) is 44.2 Å². The van der Waals surface area contributed by atoms with Crippen LogP contribution in [0.1, 0.15) is 26.7 Å². The Morgan fingerprint density at radius 2 is 1.93 bits per heavy atom. The molecule has 15 heavy (non-hydrogen) atoms. The highest BCUT2D eigenvalue weighted by Crippen LogP contribution is 2.16. The molecule has 0 aromatic rings. The van der Waals surface area contributed by atoms with Crippen molar-refractivity contribution in [3.05, 3.63) is 0 Å². The van der Waals surface area contributed by atoms with Gasteiger partial charge >= 0.3 is 0 Å². The van der Waals surface area contributed by atoms with Gasteiger partial charge in [0.15, 0.2) is 0 Å². The van der Waals surface area contributed by atoms with E-state index in [4.69, 9.17) is 4.18 Å². The lowest BCUT2D eigenvalue weighted by Gasteiger charge is -2.30. The molecule has 0 unspecified atom stereocenters. The zero-order valence-electron chi connectivity index (χ0n) is 9.10. The highest BCUT2D eigenvalue weighted by Gasteiger charge is 2.24. The Kier molecular flexibility index (Phi) is 4.10. The van der Waals surface area contributed by atoms with Gasteiger partial charge in [-0.25, -0.2) is 0 Å². The topological polar surface area (TPSA) is 63.7 Å². The van der Waals surface area contributed by atoms with E-state index in [2.05, 4.69) is 0 Å². The normalized spacial score (nSPS) is 19.2. The average molecular weight is 235 g/mol. The van der Waals surface area contributed by atoms with Crippen LogP contribution in [0, 0.1) is 0 Å². The Morgan fingerprint density at radius 3 is 2.33 bits per heavy atom. The second kappa shape index (κ2) is 4.94. The van der Waals surface area contributed by atoms with Gasteiger partial charge in [0.2, 0.25) is 5.91 Å². The average Bonchev–Trinajstić information content (AvgIpc) is 2.18. The third kappa shape index (κ3) is 3.79. The smallest absolute Gasteiger partial charge is 0.267 e. The maximum Gasteiger partial charge on any atom is 0.267 e. The fraction of sp³-hybridized carbons (Fsp3) is 0.889. The summed E-state index contributed by atoms with van der Waals surface area (Å²) in [5.74, 6) is 0.0340. The third-order valence-corrected chi connectivity index (χ3v) is 3.80. The molecule has 0 aromatic heterocycles. The van der Waals surface area contributed by atoms with E-state index >= 15 is 0 Å². The van der Waals surface area contributed by atoms with E-state index in [1.165, 1.54) is 6.92 Å². The minimum atomic E-state index is -3.36. The number of piperidine rings is 1. The highest BCUT2D eigenvalue weighted by molar-refractivity contribution is 7.86. The highest BCUT2D eigenvalue weighted by atomic mass is 32.2. The van der Waals surface area contributed by atoms with Gasteiger partial charge in [0.05, 0.1) is 11.9 Å². The predicted octanol–water partition coefficient (Wildman–Crippen LogP) is 0.364. The van der Waals surface area contributed by atoms with Crippen molar-refractivity contribution in [2.24, 2.45) is 0 Å². The molecule has 0 saturated carbocycles. The van der Waals surface area contributed by atoms with Gasteiger partial charge in [0, 0.05) is 20.0 Å². The standard InChI is InChI=1S/C9H17NO4S/c1-3-15(12,13)14-9-4-6-10(7-5-9)8(2)11/h9H,3-7H2,1-2H3. The van der Waals surface area contributed by atoms with Gasteiger partial charge in [-0.15, -0.1) is 0 Å². The molecule has 5 nitrogen and oxygen atoms in total. The summed E-state index contributed by atoms with van der Waals surface area (Å²) in [5, 5.41) is 0. The molecule has 0 radical (unpaired) electrons. The van der Waals surface area contributed by atoms with E-state index in [0.29, 0.717) is 25.9 Å². The van der Waals surface area contributed by atoms with Crippen LogP contribution < -0.4 is 0 Å². The van der Waals surface area contributed by atoms with Crippen LogP contribution in [0.25, 0.3) is 0 Å². The Balaban J connectivity index is 2.42. The molecule has 1 fully saturated rings. The van der Waals surface area contributed by atoms with Crippen molar-refractivity contribution in [1.82, 2.24) is 4.90 Å². The van der Waals surface area contributed by atoms with Crippen LogP contribution in [-0.2, 0) is 19.1 Å². The summed E-state index contributed by atoms with van der Waals surface area (Å²) in [6.07, 6.45) is 0.933. The zero-order valence-corrected chi connectivity index (χ0v) is 9.92. The van der Waals surface area contributed by atoms with E-state index in [1.54, 1.807) is 11.8 Å². The molecule has 1 saturated heterocycles. The van der Waals surface area contributed by atoms with Gasteiger partial charge in [-0.3, -0.25) is 8.98 Å². The monoisotopic (exact) mass is 235 g/mol. The fourth-order valence-corrected chi connectivity index (χ4v) is 2.29. The summed E-state index contributed by atoms with van der Waals surface area (Å²) in [5.41, 5.74) is 0. The molecule has 0 spiro atoms. The number of hydrogen-bond acceptors (Lipinski definition) is 4. The molecule has 1 aliphatic heterocycles. The molecule has 88 valence electrons. The molecule has 1 heterocycles. The number of amides is 1. The lowest BCUT2D eigenvalue weighted by molar-refractivity contribution is -0.130. The SMILES string of the molecule is CCS(=O)(=O)OC1CCN(C(C)=O)CC1. The predicted molar refractivity (Wildman–Crippen MR) is 55.8 cm³/mol. The van der Waals surface area contributed by atoms with E-state index in [9.17, 15) is 13.2 Å². The van der Waals surface area contributed by atoms with Gasteiger partial charge < -0.3 is 4.90 Å². The first-order valence-electron chi connectivity index (χ1n) is 5.11. The first kappa shape index (κ1) is 12.4. The Morgan fingerprint density at radius 1 is 1.40 bits per heavy atom. The number of carbonyl (C=O) groups is 1. The summed E-state index contributed by atoms with van der Waals surface area (Å²) in [7, 11) is -3.36. The molecular weight excluding hydrogens is 218 g/mol. The zero-order chi connectivity index (χ0) is 11.5. The summed E-state index contributed by atoms with van der Waals surface area (Å²) < 4.78 is 27.4. The third-order valence-electron chi connectivity index (χ3n) is 2.52. The molecule has 1 rings (SSSR count). The molecule has 0 N–H and O–H groups in total. The van der Waals surface area contributed by atoms with Gasteiger partial charge in [-0.05, 0) is 19.8 Å².